The van der Waals surface area contributed by atoms with Gasteiger partial charge in [0.2, 0.25) is 0 Å². The second kappa shape index (κ2) is 7.83. The standard InChI is InChI=1S/C17H19BrClNO/c1-3-10-20-17(13-6-4-5-7-16(13)21-2)14-11-12(19)8-9-15(14)18/h4-9,11,17,20H,3,10H2,1-2H3. The molecule has 0 aromatic heterocycles. The molecule has 2 rings (SSSR count). The Morgan fingerprint density at radius 1 is 1.19 bits per heavy atom. The summed E-state index contributed by atoms with van der Waals surface area (Å²) in [6, 6.07) is 14.0. The van der Waals surface area contributed by atoms with E-state index in [2.05, 4.69) is 34.2 Å². The summed E-state index contributed by atoms with van der Waals surface area (Å²) in [7, 11) is 1.70. The van der Waals surface area contributed by atoms with E-state index in [4.69, 9.17) is 16.3 Å². The molecule has 1 atom stereocenters. The Kier molecular flexibility index (Phi) is 6.09. The van der Waals surface area contributed by atoms with E-state index in [9.17, 15) is 0 Å². The number of para-hydroxylation sites is 1. The molecule has 0 bridgehead atoms. The summed E-state index contributed by atoms with van der Waals surface area (Å²) < 4.78 is 6.54. The molecule has 0 aliphatic carbocycles. The topological polar surface area (TPSA) is 21.3 Å². The minimum absolute atomic E-state index is 0.0363. The quantitative estimate of drug-likeness (QED) is 0.756. The van der Waals surface area contributed by atoms with Crippen LogP contribution in [0, 0.1) is 0 Å². The molecule has 2 aromatic rings. The average molecular weight is 369 g/mol. The molecule has 1 N–H and O–H groups in total. The number of halogens is 2. The highest BCUT2D eigenvalue weighted by molar-refractivity contribution is 9.10. The second-order valence-electron chi connectivity index (χ2n) is 4.79. The maximum absolute atomic E-state index is 6.18. The summed E-state index contributed by atoms with van der Waals surface area (Å²) in [4.78, 5) is 0. The van der Waals surface area contributed by atoms with Gasteiger partial charge in [-0.25, -0.2) is 0 Å². The smallest absolute Gasteiger partial charge is 0.123 e. The maximum Gasteiger partial charge on any atom is 0.123 e. The lowest BCUT2D eigenvalue weighted by atomic mass is 9.97. The molecule has 2 aromatic carbocycles. The number of methoxy groups -OCH3 is 1. The number of rotatable bonds is 6. The second-order valence-corrected chi connectivity index (χ2v) is 6.09. The van der Waals surface area contributed by atoms with Crippen molar-refractivity contribution in [3.8, 4) is 5.75 Å². The van der Waals surface area contributed by atoms with Crippen molar-refractivity contribution < 1.29 is 4.74 Å². The van der Waals surface area contributed by atoms with E-state index in [0.29, 0.717) is 0 Å². The van der Waals surface area contributed by atoms with Gasteiger partial charge in [0, 0.05) is 15.1 Å². The van der Waals surface area contributed by atoms with Crippen molar-refractivity contribution >= 4 is 27.5 Å². The first-order chi connectivity index (χ1) is 10.2. The van der Waals surface area contributed by atoms with E-state index in [0.717, 1.165) is 39.3 Å². The molecule has 21 heavy (non-hydrogen) atoms. The zero-order valence-corrected chi connectivity index (χ0v) is 14.5. The van der Waals surface area contributed by atoms with Crippen LogP contribution in [0.15, 0.2) is 46.9 Å². The number of hydrogen-bond donors (Lipinski definition) is 1. The third-order valence-corrected chi connectivity index (χ3v) is 4.27. The van der Waals surface area contributed by atoms with Crippen LogP contribution in [-0.4, -0.2) is 13.7 Å². The van der Waals surface area contributed by atoms with Gasteiger partial charge in [-0.2, -0.15) is 0 Å². The van der Waals surface area contributed by atoms with Crippen molar-refractivity contribution in [3.63, 3.8) is 0 Å². The number of ether oxygens (including phenoxy) is 1. The zero-order chi connectivity index (χ0) is 15.2. The molecule has 0 saturated heterocycles. The van der Waals surface area contributed by atoms with E-state index < -0.39 is 0 Å². The third-order valence-electron chi connectivity index (χ3n) is 3.32. The largest absolute Gasteiger partial charge is 0.496 e. The summed E-state index contributed by atoms with van der Waals surface area (Å²) in [5, 5.41) is 4.30. The lowest BCUT2D eigenvalue weighted by Crippen LogP contribution is -2.24. The van der Waals surface area contributed by atoms with Crippen LogP contribution >= 0.6 is 27.5 Å². The summed E-state index contributed by atoms with van der Waals surface area (Å²) in [5.74, 6) is 0.873. The van der Waals surface area contributed by atoms with Gasteiger partial charge < -0.3 is 10.1 Å². The molecule has 0 amide bonds. The molecule has 112 valence electrons. The summed E-state index contributed by atoms with van der Waals surface area (Å²) in [5.41, 5.74) is 2.22. The molecule has 0 heterocycles. The fraction of sp³-hybridized carbons (Fsp3) is 0.294. The molecule has 0 aliphatic rings. The van der Waals surface area contributed by atoms with Crippen LogP contribution in [0.5, 0.6) is 5.75 Å². The number of hydrogen-bond acceptors (Lipinski definition) is 2. The van der Waals surface area contributed by atoms with Crippen molar-refractivity contribution in [2.45, 2.75) is 19.4 Å². The Balaban J connectivity index is 2.49. The summed E-state index contributed by atoms with van der Waals surface area (Å²) in [6.45, 7) is 3.07. The van der Waals surface area contributed by atoms with Crippen molar-refractivity contribution in [1.82, 2.24) is 5.32 Å². The molecule has 0 aliphatic heterocycles. The highest BCUT2D eigenvalue weighted by Gasteiger charge is 2.19. The van der Waals surface area contributed by atoms with Gasteiger partial charge in [-0.05, 0) is 42.8 Å². The van der Waals surface area contributed by atoms with Gasteiger partial charge in [-0.15, -0.1) is 0 Å². The van der Waals surface area contributed by atoms with Gasteiger partial charge in [0.15, 0.2) is 0 Å². The first-order valence-electron chi connectivity index (χ1n) is 6.98. The Hall–Kier alpha value is -1.03. The Morgan fingerprint density at radius 3 is 2.67 bits per heavy atom. The molecule has 2 nitrogen and oxygen atoms in total. The van der Waals surface area contributed by atoms with Crippen LogP contribution in [0.4, 0.5) is 0 Å². The van der Waals surface area contributed by atoms with Crippen molar-refractivity contribution in [1.29, 1.82) is 0 Å². The van der Waals surface area contributed by atoms with Crippen molar-refractivity contribution in [3.05, 3.63) is 63.1 Å². The highest BCUT2D eigenvalue weighted by Crippen LogP contribution is 2.35. The Bertz CT molecular complexity index is 603. The first kappa shape index (κ1) is 16.3. The first-order valence-corrected chi connectivity index (χ1v) is 8.15. The molecule has 0 radical (unpaired) electrons. The van der Waals surface area contributed by atoms with Crippen molar-refractivity contribution in [2.24, 2.45) is 0 Å². The predicted octanol–water partition coefficient (Wildman–Crippen LogP) is 5.20. The van der Waals surface area contributed by atoms with Crippen LogP contribution in [0.2, 0.25) is 5.02 Å². The van der Waals surface area contributed by atoms with E-state index in [1.54, 1.807) is 7.11 Å². The molecule has 4 heteroatoms. The van der Waals surface area contributed by atoms with Gasteiger partial charge >= 0.3 is 0 Å². The zero-order valence-electron chi connectivity index (χ0n) is 12.2. The van der Waals surface area contributed by atoms with Crippen LogP contribution in [-0.2, 0) is 0 Å². The highest BCUT2D eigenvalue weighted by atomic mass is 79.9. The van der Waals surface area contributed by atoms with Gasteiger partial charge in [0.05, 0.1) is 13.2 Å². The maximum atomic E-state index is 6.18. The van der Waals surface area contributed by atoms with E-state index in [-0.39, 0.29) is 6.04 Å². The lowest BCUT2D eigenvalue weighted by Gasteiger charge is -2.23. The van der Waals surface area contributed by atoms with Crippen molar-refractivity contribution in [2.75, 3.05) is 13.7 Å². The van der Waals surface area contributed by atoms with Crippen LogP contribution in [0.25, 0.3) is 0 Å². The fourth-order valence-electron chi connectivity index (χ4n) is 2.32. The van der Waals surface area contributed by atoms with Crippen LogP contribution < -0.4 is 10.1 Å². The van der Waals surface area contributed by atoms with E-state index >= 15 is 0 Å². The molecule has 0 saturated carbocycles. The van der Waals surface area contributed by atoms with Gasteiger partial charge in [0.1, 0.15) is 5.75 Å². The number of nitrogens with one attached hydrogen (secondary N) is 1. The van der Waals surface area contributed by atoms with Gasteiger partial charge in [0.25, 0.3) is 0 Å². The van der Waals surface area contributed by atoms with Crippen LogP contribution in [0.3, 0.4) is 0 Å². The monoisotopic (exact) mass is 367 g/mol. The number of benzene rings is 2. The predicted molar refractivity (Wildman–Crippen MR) is 92.3 cm³/mol. The summed E-state index contributed by atoms with van der Waals surface area (Å²) in [6.07, 6.45) is 1.06. The van der Waals surface area contributed by atoms with Crippen LogP contribution in [0.1, 0.15) is 30.5 Å². The Labute approximate surface area is 139 Å². The minimum Gasteiger partial charge on any atom is -0.496 e. The van der Waals surface area contributed by atoms with E-state index in [1.165, 1.54) is 0 Å². The molecule has 0 spiro atoms. The van der Waals surface area contributed by atoms with Gasteiger partial charge in [-0.1, -0.05) is 52.7 Å². The average Bonchev–Trinajstić information content (AvgIpc) is 2.51. The normalized spacial score (nSPS) is 12.2. The fourth-order valence-corrected chi connectivity index (χ4v) is 2.97. The molecular weight excluding hydrogens is 350 g/mol. The SMILES string of the molecule is CCCNC(c1cc(Cl)ccc1Br)c1ccccc1OC. The minimum atomic E-state index is 0.0363. The third kappa shape index (κ3) is 4.00. The summed E-state index contributed by atoms with van der Waals surface area (Å²) >= 11 is 9.80. The molecule has 1 unspecified atom stereocenters. The molecule has 0 fully saturated rings. The van der Waals surface area contributed by atoms with Gasteiger partial charge in [-0.3, -0.25) is 0 Å². The van der Waals surface area contributed by atoms with E-state index in [1.807, 2.05) is 36.4 Å². The Morgan fingerprint density at radius 2 is 1.95 bits per heavy atom. The lowest BCUT2D eigenvalue weighted by molar-refractivity contribution is 0.403. The molecular formula is C17H19BrClNO.